The predicted molar refractivity (Wildman–Crippen MR) is 527 cm³/mol. The molecule has 4 nitrogen and oxygen atoms in total. The van der Waals surface area contributed by atoms with Crippen molar-refractivity contribution in [2.75, 3.05) is 9.80 Å². The van der Waals surface area contributed by atoms with Gasteiger partial charge in [-0.15, -0.1) is 0 Å². The minimum Gasteiger partial charge on any atom is -0.310 e. The largest absolute Gasteiger partial charge is 0.310 e. The fraction of sp³-hybridized carbons (Fsp3) is 0. The first-order valence-electron chi connectivity index (χ1n) is 42.6. The van der Waals surface area contributed by atoms with E-state index in [4.69, 9.17) is 0 Å². The second-order valence-corrected chi connectivity index (χ2v) is 31.9. The second-order valence-electron chi connectivity index (χ2n) is 31.9. The second kappa shape index (κ2) is 32.4. The minimum atomic E-state index is 1.09. The third kappa shape index (κ3) is 14.0. The van der Waals surface area contributed by atoms with Crippen molar-refractivity contribution in [3.8, 4) is 100 Å². The van der Waals surface area contributed by atoms with Gasteiger partial charge < -0.3 is 18.9 Å². The van der Waals surface area contributed by atoms with Crippen LogP contribution in [0.4, 0.5) is 34.1 Å². The Labute approximate surface area is 721 Å². The molecule has 0 saturated heterocycles. The average molecular weight is 1580 g/mol. The summed E-state index contributed by atoms with van der Waals surface area (Å²) in [5.74, 6) is 0. The van der Waals surface area contributed by atoms with Crippen molar-refractivity contribution in [3.63, 3.8) is 0 Å². The van der Waals surface area contributed by atoms with Gasteiger partial charge in [-0.2, -0.15) is 0 Å². The Hall–Kier alpha value is -16.4. The molecule has 0 aliphatic heterocycles. The summed E-state index contributed by atoms with van der Waals surface area (Å²) in [5, 5.41) is 12.7. The standard InChI is InChI=1S/C62H42N2.C58H40N2/c1-3-15-43(16-4-1)45-29-31-46(32-30-45)48-35-39-52(40-36-48)63(51-37-33-47(34-38-51)44-17-5-2-6-18-44)53-21-13-19-49(41-53)50-20-14-22-54(42-50)64-60-28-12-11-27-59(60)61-57-25-9-7-23-55(57)56-24-8-10-26-58(56)62(61)64;1-3-13-41(14-4-1)43-25-27-44(28-26-43)46-31-36-51(37-32-46)59(50-34-29-45(30-35-50)42-15-5-2-6-16-42)52-20-11-18-48(39-52)49-19-12-21-53(40-49)60-56-24-10-9-23-55(56)58-54-22-8-7-17-47(54)33-38-57(58)60/h1-42H;1-40H. The zero-order valence-corrected chi connectivity index (χ0v) is 68.1. The average Bonchev–Trinajstić information content (AvgIpc) is 1.57. The Morgan fingerprint density at radius 1 is 0.137 bits per heavy atom. The number of para-hydroxylation sites is 2. The first-order chi connectivity index (χ1) is 61.5. The Morgan fingerprint density at radius 2 is 0.411 bits per heavy atom. The summed E-state index contributed by atoms with van der Waals surface area (Å²) >= 11 is 0. The van der Waals surface area contributed by atoms with Gasteiger partial charge in [-0.1, -0.05) is 382 Å². The summed E-state index contributed by atoms with van der Waals surface area (Å²) in [6, 6.07) is 180. The molecule has 0 amide bonds. The quantitative estimate of drug-likeness (QED) is 0.0897. The van der Waals surface area contributed by atoms with Gasteiger partial charge in [0.2, 0.25) is 0 Å². The molecule has 0 unspecified atom stereocenters. The Morgan fingerprint density at radius 3 is 0.815 bits per heavy atom. The topological polar surface area (TPSA) is 16.3 Å². The van der Waals surface area contributed by atoms with E-state index in [0.717, 1.165) is 67.8 Å². The van der Waals surface area contributed by atoms with Gasteiger partial charge in [0.05, 0.1) is 22.1 Å². The van der Waals surface area contributed by atoms with Gasteiger partial charge in [0.15, 0.2) is 0 Å². The molecule has 0 bridgehead atoms. The van der Waals surface area contributed by atoms with Crippen LogP contribution >= 0.6 is 0 Å². The van der Waals surface area contributed by atoms with E-state index in [1.54, 1.807) is 0 Å². The fourth-order valence-electron chi connectivity index (χ4n) is 18.6. The van der Waals surface area contributed by atoms with Crippen molar-refractivity contribution in [1.82, 2.24) is 9.13 Å². The lowest BCUT2D eigenvalue weighted by Gasteiger charge is -2.26. The van der Waals surface area contributed by atoms with Crippen molar-refractivity contribution in [2.24, 2.45) is 0 Å². The monoisotopic (exact) mass is 1580 g/mol. The van der Waals surface area contributed by atoms with E-state index in [0.29, 0.717) is 0 Å². The van der Waals surface area contributed by atoms with Crippen LogP contribution < -0.4 is 9.80 Å². The minimum absolute atomic E-state index is 1.09. The highest BCUT2D eigenvalue weighted by Gasteiger charge is 2.23. The number of hydrogen-bond donors (Lipinski definition) is 0. The van der Waals surface area contributed by atoms with Gasteiger partial charge in [0, 0.05) is 72.4 Å². The lowest BCUT2D eigenvalue weighted by Crippen LogP contribution is -2.10. The van der Waals surface area contributed by atoms with Crippen LogP contribution in [0.1, 0.15) is 0 Å². The molecule has 0 aliphatic rings. The molecule has 2 heterocycles. The van der Waals surface area contributed by atoms with Gasteiger partial charge in [-0.25, -0.2) is 0 Å². The van der Waals surface area contributed by atoms with Crippen molar-refractivity contribution in [1.29, 1.82) is 0 Å². The molecular weight excluding hydrogens is 1500 g/mol. The number of nitrogens with zero attached hydrogens (tertiary/aromatic N) is 4. The number of aromatic nitrogens is 2. The van der Waals surface area contributed by atoms with Gasteiger partial charge in [-0.3, -0.25) is 0 Å². The zero-order valence-electron chi connectivity index (χ0n) is 68.1. The third-order valence-electron chi connectivity index (χ3n) is 24.6. The van der Waals surface area contributed by atoms with Crippen LogP contribution in [-0.2, 0) is 0 Å². The van der Waals surface area contributed by atoms with Crippen molar-refractivity contribution in [2.45, 2.75) is 0 Å². The van der Waals surface area contributed by atoms with Gasteiger partial charge in [0.25, 0.3) is 0 Å². The van der Waals surface area contributed by atoms with E-state index in [1.165, 1.54) is 143 Å². The van der Waals surface area contributed by atoms with Crippen molar-refractivity contribution >= 4 is 110 Å². The molecule has 21 aromatic carbocycles. The first kappa shape index (κ1) is 73.9. The lowest BCUT2D eigenvalue weighted by molar-refractivity contribution is 1.18. The highest BCUT2D eigenvalue weighted by Crippen LogP contribution is 2.47. The molecule has 0 spiro atoms. The maximum atomic E-state index is 2.48. The van der Waals surface area contributed by atoms with Crippen LogP contribution in [0, 0.1) is 0 Å². The number of benzene rings is 21. The molecule has 0 atom stereocenters. The number of rotatable bonds is 16. The number of anilines is 6. The summed E-state index contributed by atoms with van der Waals surface area (Å²) < 4.78 is 4.89. The van der Waals surface area contributed by atoms with Crippen LogP contribution in [0.2, 0.25) is 0 Å². The van der Waals surface area contributed by atoms with Crippen LogP contribution in [0.5, 0.6) is 0 Å². The van der Waals surface area contributed by atoms with E-state index >= 15 is 0 Å². The number of hydrogen-bond acceptors (Lipinski definition) is 2. The Kier molecular flexibility index (Phi) is 19.3. The summed E-state index contributed by atoms with van der Waals surface area (Å²) in [6.45, 7) is 0. The molecule has 2 aromatic heterocycles. The molecule has 0 saturated carbocycles. The lowest BCUT2D eigenvalue weighted by atomic mass is 9.97. The van der Waals surface area contributed by atoms with Gasteiger partial charge in [0.1, 0.15) is 0 Å². The van der Waals surface area contributed by atoms with E-state index in [1.807, 2.05) is 0 Å². The number of fused-ring (bicyclic) bond motifs is 13. The first-order valence-corrected chi connectivity index (χ1v) is 42.6. The van der Waals surface area contributed by atoms with Crippen LogP contribution in [-0.4, -0.2) is 9.13 Å². The summed E-state index contributed by atoms with van der Waals surface area (Å²) in [4.78, 5) is 4.73. The van der Waals surface area contributed by atoms with Crippen molar-refractivity contribution < 1.29 is 0 Å². The molecule has 582 valence electrons. The van der Waals surface area contributed by atoms with E-state index in [-0.39, 0.29) is 0 Å². The van der Waals surface area contributed by atoms with E-state index in [9.17, 15) is 0 Å². The molecule has 0 N–H and O–H groups in total. The van der Waals surface area contributed by atoms with Gasteiger partial charge in [-0.05, 0) is 231 Å². The van der Waals surface area contributed by atoms with Crippen LogP contribution in [0.25, 0.3) is 176 Å². The summed E-state index contributed by atoms with van der Waals surface area (Å²) in [7, 11) is 0. The highest BCUT2D eigenvalue weighted by atomic mass is 15.1. The summed E-state index contributed by atoms with van der Waals surface area (Å²) in [5.41, 5.74) is 32.7. The smallest absolute Gasteiger partial charge is 0.0625 e. The molecule has 0 fully saturated rings. The molecule has 124 heavy (non-hydrogen) atoms. The highest BCUT2D eigenvalue weighted by molar-refractivity contribution is 6.32. The molecule has 0 radical (unpaired) electrons. The zero-order chi connectivity index (χ0) is 82.2. The SMILES string of the molecule is c1ccc(-c2ccc(-c3ccc(N(c4ccc(-c5ccccc5)cc4)c4cccc(-c5cccc(-n6c7ccccc7c7c8ccccc8c8ccccc8c76)c5)c4)cc3)cc2)cc1.c1ccc(-c2ccc(-c3ccc(N(c4ccc(-c5ccccc5)cc4)c4cccc(-c5cccc(-n6c7ccccc7c7c8ccccc8ccc76)c5)c4)cc3)cc2)cc1. The maximum absolute atomic E-state index is 2.48. The Balaban J connectivity index is 0.000000148. The predicted octanol–water partition coefficient (Wildman–Crippen LogP) is 33.3. The summed E-state index contributed by atoms with van der Waals surface area (Å²) in [6.07, 6.45) is 0. The van der Waals surface area contributed by atoms with Crippen LogP contribution in [0.15, 0.2) is 497 Å². The molecular formula is C120H82N4. The molecule has 0 aliphatic carbocycles. The van der Waals surface area contributed by atoms with E-state index in [2.05, 4.69) is 516 Å². The van der Waals surface area contributed by atoms with Crippen LogP contribution in [0.3, 0.4) is 0 Å². The molecule has 23 rings (SSSR count). The maximum Gasteiger partial charge on any atom is 0.0625 e. The van der Waals surface area contributed by atoms with Gasteiger partial charge >= 0.3 is 0 Å². The third-order valence-corrected chi connectivity index (χ3v) is 24.6. The van der Waals surface area contributed by atoms with Crippen molar-refractivity contribution in [3.05, 3.63) is 497 Å². The Bertz CT molecular complexity index is 7830. The molecule has 4 heteroatoms. The molecule has 23 aromatic rings. The fourth-order valence-corrected chi connectivity index (χ4v) is 18.6. The normalized spacial score (nSPS) is 11.4. The van der Waals surface area contributed by atoms with E-state index < -0.39 is 0 Å².